The number of carbonyl (C=O) groups is 1. The van der Waals surface area contributed by atoms with E-state index in [1.807, 2.05) is 19.9 Å². The molecule has 1 unspecified atom stereocenters. The zero-order valence-corrected chi connectivity index (χ0v) is 10.2. The molecular weight excluding hydrogens is 212 g/mol. The van der Waals surface area contributed by atoms with Gasteiger partial charge in [0.05, 0.1) is 5.38 Å². The highest BCUT2D eigenvalue weighted by atomic mass is 35.5. The molecule has 0 radical (unpaired) electrons. The van der Waals surface area contributed by atoms with Gasteiger partial charge in [0.1, 0.15) is 0 Å². The van der Waals surface area contributed by atoms with Gasteiger partial charge in [-0.3, -0.25) is 4.79 Å². The molecule has 0 aromatic carbocycles. The second kappa shape index (κ2) is 7.52. The van der Waals surface area contributed by atoms with Crippen molar-refractivity contribution in [3.8, 4) is 0 Å². The maximum Gasteiger partial charge on any atom is 0.303 e. The molecule has 2 nitrogen and oxygen atoms in total. The van der Waals surface area contributed by atoms with E-state index in [-0.39, 0.29) is 11.8 Å². The Labute approximate surface area is 96.6 Å². The molecule has 0 spiro atoms. The fraction of sp³-hybridized carbons (Fsp3) is 0.583. The van der Waals surface area contributed by atoms with E-state index < -0.39 is 5.97 Å². The minimum Gasteiger partial charge on any atom is -0.481 e. The van der Waals surface area contributed by atoms with Gasteiger partial charge in [0, 0.05) is 6.42 Å². The van der Waals surface area contributed by atoms with Crippen molar-refractivity contribution in [2.45, 2.75) is 44.9 Å². The molecule has 15 heavy (non-hydrogen) atoms. The molecule has 0 aliphatic heterocycles. The van der Waals surface area contributed by atoms with Crippen molar-refractivity contribution in [1.82, 2.24) is 0 Å². The summed E-state index contributed by atoms with van der Waals surface area (Å²) in [5.41, 5.74) is 2.18. The number of alkyl halides is 1. The molecule has 3 heteroatoms. The summed E-state index contributed by atoms with van der Waals surface area (Å²) in [6.45, 7) is 7.71. The van der Waals surface area contributed by atoms with Crippen LogP contribution in [0.3, 0.4) is 0 Å². The molecule has 0 aromatic heterocycles. The predicted octanol–water partition coefficient (Wildman–Crippen LogP) is 3.76. The van der Waals surface area contributed by atoms with Gasteiger partial charge < -0.3 is 5.11 Å². The largest absolute Gasteiger partial charge is 0.481 e. The molecule has 0 rings (SSSR count). The number of halogens is 1. The minimum absolute atomic E-state index is 0.0211. The molecule has 0 aromatic rings. The van der Waals surface area contributed by atoms with E-state index >= 15 is 0 Å². The molecule has 0 bridgehead atoms. The Bertz CT molecular complexity index is 256. The number of hydrogen-bond acceptors (Lipinski definition) is 1. The summed E-state index contributed by atoms with van der Waals surface area (Å²) in [7, 11) is 0. The zero-order chi connectivity index (χ0) is 11.8. The number of allylic oxidation sites excluding steroid dienone is 3. The van der Waals surface area contributed by atoms with Gasteiger partial charge in [-0.2, -0.15) is 0 Å². The van der Waals surface area contributed by atoms with Crippen molar-refractivity contribution in [3.05, 3.63) is 23.8 Å². The lowest BCUT2D eigenvalue weighted by atomic mass is 10.1. The van der Waals surface area contributed by atoms with E-state index in [2.05, 4.69) is 6.58 Å². The Hall–Kier alpha value is -0.760. The van der Waals surface area contributed by atoms with Gasteiger partial charge in [0.2, 0.25) is 0 Å². The lowest BCUT2D eigenvalue weighted by molar-refractivity contribution is -0.136. The molecule has 0 amide bonds. The predicted molar refractivity (Wildman–Crippen MR) is 64.3 cm³/mol. The van der Waals surface area contributed by atoms with Crippen LogP contribution in [0.4, 0.5) is 0 Å². The minimum atomic E-state index is -0.754. The third-order valence-electron chi connectivity index (χ3n) is 2.18. The summed E-state index contributed by atoms with van der Waals surface area (Å²) < 4.78 is 0. The Morgan fingerprint density at radius 2 is 2.07 bits per heavy atom. The summed E-state index contributed by atoms with van der Waals surface area (Å²) in [5.74, 6) is -0.754. The molecular formula is C12H19ClO2. The van der Waals surface area contributed by atoms with E-state index in [1.165, 1.54) is 5.57 Å². The SMILES string of the molecule is C=C(C)C(Cl)CC/C(C)=C/CCC(=O)O. The monoisotopic (exact) mass is 230 g/mol. The van der Waals surface area contributed by atoms with Gasteiger partial charge in [-0.1, -0.05) is 23.8 Å². The van der Waals surface area contributed by atoms with Crippen LogP contribution in [0.5, 0.6) is 0 Å². The maximum absolute atomic E-state index is 10.3. The highest BCUT2D eigenvalue weighted by molar-refractivity contribution is 6.22. The van der Waals surface area contributed by atoms with Crippen LogP contribution in [-0.2, 0) is 4.79 Å². The van der Waals surface area contributed by atoms with E-state index in [0.717, 1.165) is 18.4 Å². The zero-order valence-electron chi connectivity index (χ0n) is 9.42. The van der Waals surface area contributed by atoms with Crippen LogP contribution in [0.2, 0.25) is 0 Å². The summed E-state index contributed by atoms with van der Waals surface area (Å²) in [6.07, 6.45) is 4.53. The molecule has 1 N–H and O–H groups in total. The van der Waals surface area contributed by atoms with Gasteiger partial charge in [-0.25, -0.2) is 0 Å². The Morgan fingerprint density at radius 3 is 2.53 bits per heavy atom. The van der Waals surface area contributed by atoms with Crippen LogP contribution < -0.4 is 0 Å². The Morgan fingerprint density at radius 1 is 1.47 bits per heavy atom. The molecule has 0 saturated carbocycles. The van der Waals surface area contributed by atoms with Gasteiger partial charge in [0.15, 0.2) is 0 Å². The van der Waals surface area contributed by atoms with Crippen molar-refractivity contribution >= 4 is 17.6 Å². The number of hydrogen-bond donors (Lipinski definition) is 1. The summed E-state index contributed by atoms with van der Waals surface area (Å²) in [6, 6.07) is 0. The number of carboxylic acid groups (broad SMARTS) is 1. The summed E-state index contributed by atoms with van der Waals surface area (Å²) >= 11 is 6.02. The highest BCUT2D eigenvalue weighted by Crippen LogP contribution is 2.17. The number of carboxylic acids is 1. The maximum atomic E-state index is 10.3. The first-order chi connectivity index (χ1) is 6.93. The molecule has 0 heterocycles. The van der Waals surface area contributed by atoms with Crippen LogP contribution >= 0.6 is 11.6 Å². The van der Waals surface area contributed by atoms with Crippen LogP contribution in [0.15, 0.2) is 23.8 Å². The van der Waals surface area contributed by atoms with Crippen molar-refractivity contribution in [2.24, 2.45) is 0 Å². The average Bonchev–Trinajstić information content (AvgIpc) is 2.13. The van der Waals surface area contributed by atoms with Crippen LogP contribution in [0.1, 0.15) is 39.5 Å². The van der Waals surface area contributed by atoms with Crippen molar-refractivity contribution in [2.75, 3.05) is 0 Å². The third kappa shape index (κ3) is 8.25. The van der Waals surface area contributed by atoms with Gasteiger partial charge in [0.25, 0.3) is 0 Å². The highest BCUT2D eigenvalue weighted by Gasteiger charge is 2.04. The van der Waals surface area contributed by atoms with Crippen LogP contribution in [0, 0.1) is 0 Å². The van der Waals surface area contributed by atoms with E-state index in [4.69, 9.17) is 16.7 Å². The Kier molecular flexibility index (Phi) is 7.14. The smallest absolute Gasteiger partial charge is 0.303 e. The fourth-order valence-corrected chi connectivity index (χ4v) is 1.25. The standard InChI is InChI=1S/C12H19ClO2/c1-9(2)11(13)8-7-10(3)5-4-6-12(14)15/h5,11H,1,4,6-8H2,2-3H3,(H,14,15)/b10-5+. The third-order valence-corrected chi connectivity index (χ3v) is 2.77. The fourth-order valence-electron chi connectivity index (χ4n) is 1.14. The van der Waals surface area contributed by atoms with E-state index in [0.29, 0.717) is 6.42 Å². The van der Waals surface area contributed by atoms with Crippen LogP contribution in [0.25, 0.3) is 0 Å². The van der Waals surface area contributed by atoms with Gasteiger partial charge >= 0.3 is 5.97 Å². The summed E-state index contributed by atoms with van der Waals surface area (Å²) in [4.78, 5) is 10.3. The molecule has 0 saturated heterocycles. The lowest BCUT2D eigenvalue weighted by Gasteiger charge is -2.08. The first-order valence-electron chi connectivity index (χ1n) is 5.10. The van der Waals surface area contributed by atoms with E-state index in [9.17, 15) is 4.79 Å². The molecule has 0 aliphatic rings. The quantitative estimate of drug-likeness (QED) is 0.534. The van der Waals surface area contributed by atoms with Crippen LogP contribution in [-0.4, -0.2) is 16.5 Å². The van der Waals surface area contributed by atoms with E-state index in [1.54, 1.807) is 0 Å². The first-order valence-corrected chi connectivity index (χ1v) is 5.54. The molecule has 1 atom stereocenters. The number of rotatable bonds is 7. The molecule has 0 fully saturated rings. The topological polar surface area (TPSA) is 37.3 Å². The average molecular weight is 231 g/mol. The van der Waals surface area contributed by atoms with Crippen molar-refractivity contribution in [3.63, 3.8) is 0 Å². The van der Waals surface area contributed by atoms with Gasteiger partial charge in [-0.05, 0) is 33.1 Å². The van der Waals surface area contributed by atoms with Crippen molar-refractivity contribution in [1.29, 1.82) is 0 Å². The number of aliphatic carboxylic acids is 1. The normalized spacial score (nSPS) is 13.7. The second-order valence-corrected chi connectivity index (χ2v) is 4.36. The Balaban J connectivity index is 3.77. The lowest BCUT2D eigenvalue weighted by Crippen LogP contribution is -1.99. The molecule has 86 valence electrons. The first kappa shape index (κ1) is 14.2. The van der Waals surface area contributed by atoms with Crippen molar-refractivity contribution < 1.29 is 9.90 Å². The van der Waals surface area contributed by atoms with Gasteiger partial charge in [-0.15, -0.1) is 11.6 Å². The molecule has 0 aliphatic carbocycles. The summed E-state index contributed by atoms with van der Waals surface area (Å²) in [5, 5.41) is 8.48. The second-order valence-electron chi connectivity index (χ2n) is 3.84.